The molecule has 0 aromatic rings. The summed E-state index contributed by atoms with van der Waals surface area (Å²) < 4.78 is 15.3. The summed E-state index contributed by atoms with van der Waals surface area (Å²) in [4.78, 5) is 1.03. The molecule has 0 fully saturated rings. The van der Waals surface area contributed by atoms with Gasteiger partial charge in [0.2, 0.25) is 0 Å². The second-order valence-corrected chi connectivity index (χ2v) is 3.38. The molecule has 13 heavy (non-hydrogen) atoms. The minimum atomic E-state index is 0. The third kappa shape index (κ3) is 3.50. The summed E-state index contributed by atoms with van der Waals surface area (Å²) >= 11 is 0. The molecule has 1 unspecified atom stereocenters. The van der Waals surface area contributed by atoms with Crippen LogP contribution < -0.4 is 28.9 Å². The van der Waals surface area contributed by atoms with E-state index >= 15 is 0 Å². The molecule has 0 saturated carbocycles. The van der Waals surface area contributed by atoms with E-state index in [9.17, 15) is 4.39 Å². The number of halogens is 2. The molecule has 78 valence electrons. The van der Waals surface area contributed by atoms with Crippen LogP contribution in [-0.4, -0.2) is 36.8 Å². The first-order chi connectivity index (χ1) is 5.79. The smallest absolute Gasteiger partial charge is 0.535 e. The molecule has 1 N–H and O–H groups in total. The molecule has 1 aliphatic heterocycles. The Balaban J connectivity index is 0.00000144. The van der Waals surface area contributed by atoms with E-state index in [1.807, 2.05) is 4.58 Å². The Morgan fingerprint density at radius 2 is 2.08 bits per heavy atom. The Hall–Kier alpha value is 0.290. The maximum absolute atomic E-state index is 13.4. The largest absolute Gasteiger partial charge is 1.00 e. The molecule has 0 spiro atoms. The first-order valence-corrected chi connectivity index (χ1v) is 4.92. The van der Waals surface area contributed by atoms with Crippen LogP contribution in [0.15, 0.2) is 0 Å². The molecule has 0 saturated heterocycles. The quantitative estimate of drug-likeness (QED) is 0.323. The van der Waals surface area contributed by atoms with E-state index in [1.54, 1.807) is 0 Å². The molecule has 4 heteroatoms. The van der Waals surface area contributed by atoms with Crippen molar-refractivity contribution in [1.82, 2.24) is 0 Å². The molecule has 0 aromatic carbocycles. The first-order valence-electron chi connectivity index (χ1n) is 4.92. The Morgan fingerprint density at radius 3 is 2.62 bits per heavy atom. The molecule has 0 bridgehead atoms. The molecule has 0 amide bonds. The highest BCUT2D eigenvalue weighted by Gasteiger charge is 2.34. The van der Waals surface area contributed by atoms with Gasteiger partial charge in [-0.25, -0.2) is 4.90 Å². The Labute approximate surface area is 96.8 Å². The lowest BCUT2D eigenvalue weighted by atomic mass is 10.4. The van der Waals surface area contributed by atoms with Crippen molar-refractivity contribution in [3.63, 3.8) is 0 Å². The maximum atomic E-state index is 13.4. The van der Waals surface area contributed by atoms with Crippen molar-refractivity contribution in [1.29, 1.82) is 0 Å². The fourth-order valence-corrected chi connectivity index (χ4v) is 1.70. The third-order valence-electron chi connectivity index (χ3n) is 2.30. The standard InChI is InChI=1S/C9H18FN2.HI/c1-3-5-11-7-8-12(6-4-2)9(11)10;/h3-8H2,1-2H3;1H/q+1;. The second-order valence-electron chi connectivity index (χ2n) is 3.38. The lowest BCUT2D eigenvalue weighted by molar-refractivity contribution is -0.809. The molecule has 0 aliphatic carbocycles. The van der Waals surface area contributed by atoms with Crippen molar-refractivity contribution >= 4 is 6.09 Å². The van der Waals surface area contributed by atoms with Gasteiger partial charge in [-0.1, -0.05) is 18.2 Å². The zero-order valence-electron chi connectivity index (χ0n) is 8.45. The number of nitrogens with zero attached hydrogens (tertiary/aromatic N) is 1. The monoisotopic (exact) mass is 301 g/mol. The highest BCUT2D eigenvalue weighted by atomic mass is 127. The number of nitrogens with one attached hydrogen (secondary N) is 1. The van der Waals surface area contributed by atoms with Gasteiger partial charge in [0.15, 0.2) is 13.1 Å². The molecule has 1 aliphatic rings. The number of rotatable bonds is 4. The van der Waals surface area contributed by atoms with Crippen LogP contribution in [0, 0.1) is 0 Å². The van der Waals surface area contributed by atoms with E-state index in [0.717, 1.165) is 43.9 Å². The number of amidine groups is 1. The molecule has 2 nitrogen and oxygen atoms in total. The molecular formula is C9H19FIN2+. The van der Waals surface area contributed by atoms with Gasteiger partial charge in [-0.2, -0.15) is 0 Å². The van der Waals surface area contributed by atoms with Crippen molar-refractivity contribution in [3.05, 3.63) is 0 Å². The second kappa shape index (κ2) is 6.70. The van der Waals surface area contributed by atoms with E-state index in [0.29, 0.717) is 0 Å². The van der Waals surface area contributed by atoms with Crippen molar-refractivity contribution < 1.29 is 37.8 Å². The first kappa shape index (κ1) is 13.3. The van der Waals surface area contributed by atoms with Gasteiger partial charge in [-0.3, -0.25) is 0 Å². The van der Waals surface area contributed by atoms with Crippen LogP contribution in [0.4, 0.5) is 4.39 Å². The van der Waals surface area contributed by atoms with E-state index in [1.165, 1.54) is 0 Å². The average Bonchev–Trinajstić information content (AvgIpc) is 2.38. The van der Waals surface area contributed by atoms with Crippen molar-refractivity contribution in [2.75, 3.05) is 26.2 Å². The third-order valence-corrected chi connectivity index (χ3v) is 2.30. The van der Waals surface area contributed by atoms with Crippen LogP contribution in [0.1, 0.15) is 26.7 Å². The normalized spacial score (nSPS) is 21.9. The summed E-state index contributed by atoms with van der Waals surface area (Å²) in [6, 6.07) is 0. The van der Waals surface area contributed by atoms with Gasteiger partial charge in [-0.05, 0) is 6.42 Å². The average molecular weight is 301 g/mol. The maximum Gasteiger partial charge on any atom is 0.535 e. The fourth-order valence-electron chi connectivity index (χ4n) is 1.70. The van der Waals surface area contributed by atoms with Crippen molar-refractivity contribution in [3.8, 4) is 0 Å². The summed E-state index contributed by atoms with van der Waals surface area (Å²) in [5, 5.41) is 0. The summed E-state index contributed by atoms with van der Waals surface area (Å²) in [7, 11) is 0. The van der Waals surface area contributed by atoms with Crippen LogP contribution in [-0.2, 0) is 0 Å². The Bertz CT molecular complexity index is 182. The molecule has 1 atom stereocenters. The minimum Gasteiger partial charge on any atom is -1.00 e. The molecule has 1 rings (SSSR count). The fraction of sp³-hybridized carbons (Fsp3) is 0.889. The van der Waals surface area contributed by atoms with E-state index in [4.69, 9.17) is 0 Å². The van der Waals surface area contributed by atoms with Gasteiger partial charge < -0.3 is 24.0 Å². The predicted molar refractivity (Wildman–Crippen MR) is 47.4 cm³/mol. The highest BCUT2D eigenvalue weighted by Crippen LogP contribution is 1.87. The molecule has 0 radical (unpaired) electrons. The van der Waals surface area contributed by atoms with Crippen LogP contribution in [0.25, 0.3) is 0 Å². The topological polar surface area (TPSA) is 7.45 Å². The zero-order valence-corrected chi connectivity index (χ0v) is 10.6. The van der Waals surface area contributed by atoms with E-state index < -0.39 is 0 Å². The number of quaternary nitrogens is 1. The van der Waals surface area contributed by atoms with Crippen molar-refractivity contribution in [2.24, 2.45) is 0 Å². The van der Waals surface area contributed by atoms with E-state index in [2.05, 4.69) is 13.8 Å². The highest BCUT2D eigenvalue weighted by molar-refractivity contribution is 5.56. The van der Waals surface area contributed by atoms with Crippen LogP contribution in [0.2, 0.25) is 0 Å². The summed E-state index contributed by atoms with van der Waals surface area (Å²) in [6.45, 7) is 7.84. The SMILES string of the molecule is CCC[N+]1=C(F)[NH+](CCC)CC1.[I-]. The molecule has 0 aromatic heterocycles. The van der Waals surface area contributed by atoms with Gasteiger partial charge in [0.1, 0.15) is 6.54 Å². The number of hydrogen-bond acceptors (Lipinski definition) is 0. The molecular weight excluding hydrogens is 282 g/mol. The summed E-state index contributed by atoms with van der Waals surface area (Å²) in [5.41, 5.74) is 0. The van der Waals surface area contributed by atoms with Gasteiger partial charge >= 0.3 is 6.09 Å². The molecule has 1 heterocycles. The predicted octanol–water partition coefficient (Wildman–Crippen LogP) is -2.95. The van der Waals surface area contributed by atoms with Gasteiger partial charge in [0, 0.05) is 6.42 Å². The Morgan fingerprint density at radius 1 is 1.38 bits per heavy atom. The lowest BCUT2D eigenvalue weighted by Crippen LogP contribution is -3.12. The Kier molecular flexibility index (Phi) is 6.85. The van der Waals surface area contributed by atoms with Gasteiger partial charge in [0.05, 0.1) is 6.54 Å². The van der Waals surface area contributed by atoms with Gasteiger partial charge in [0.25, 0.3) is 0 Å². The number of hydrogen-bond donors (Lipinski definition) is 1. The summed E-state index contributed by atoms with van der Waals surface area (Å²) in [6.07, 6.45) is 2.16. The van der Waals surface area contributed by atoms with E-state index in [-0.39, 0.29) is 30.1 Å². The minimum absolute atomic E-state index is 0. The lowest BCUT2D eigenvalue weighted by Gasteiger charge is -2.01. The van der Waals surface area contributed by atoms with Crippen LogP contribution >= 0.6 is 0 Å². The van der Waals surface area contributed by atoms with Crippen LogP contribution in [0.3, 0.4) is 0 Å². The van der Waals surface area contributed by atoms with Crippen molar-refractivity contribution in [2.45, 2.75) is 26.7 Å². The summed E-state index contributed by atoms with van der Waals surface area (Å²) in [5.74, 6) is 0. The van der Waals surface area contributed by atoms with Crippen LogP contribution in [0.5, 0.6) is 0 Å². The zero-order chi connectivity index (χ0) is 8.97. The van der Waals surface area contributed by atoms with Gasteiger partial charge in [-0.15, -0.1) is 4.58 Å².